The van der Waals surface area contributed by atoms with Crippen molar-refractivity contribution in [3.8, 4) is 0 Å². The van der Waals surface area contributed by atoms with Crippen LogP contribution in [0, 0.1) is 0 Å². The van der Waals surface area contributed by atoms with E-state index in [0.717, 1.165) is 25.9 Å². The van der Waals surface area contributed by atoms with Gasteiger partial charge in [-0.05, 0) is 38.8 Å². The van der Waals surface area contributed by atoms with Gasteiger partial charge in [0.2, 0.25) is 0 Å². The van der Waals surface area contributed by atoms with Gasteiger partial charge in [0.25, 0.3) is 0 Å². The lowest BCUT2D eigenvalue weighted by atomic mass is 10.3. The maximum atomic E-state index is 5.38. The number of hydrogen-bond donors (Lipinski definition) is 2. The van der Waals surface area contributed by atoms with Crippen molar-refractivity contribution < 1.29 is 0 Å². The molecule has 4 N–H and O–H groups in total. The van der Waals surface area contributed by atoms with Crippen molar-refractivity contribution in [2.24, 2.45) is 11.5 Å². The van der Waals surface area contributed by atoms with Gasteiger partial charge >= 0.3 is 0 Å². The SMILES string of the molecule is Cl.NCCCCSSCCCCN. The van der Waals surface area contributed by atoms with Crippen molar-refractivity contribution >= 4 is 34.0 Å². The molecule has 0 rings (SSSR count). The van der Waals surface area contributed by atoms with Crippen molar-refractivity contribution in [3.63, 3.8) is 0 Å². The Morgan fingerprint density at radius 1 is 0.692 bits per heavy atom. The average molecular weight is 245 g/mol. The normalized spacial score (nSPS) is 9.69. The summed E-state index contributed by atoms with van der Waals surface area (Å²) >= 11 is 0. The van der Waals surface area contributed by atoms with Crippen LogP contribution in [0.3, 0.4) is 0 Å². The molecule has 0 unspecified atom stereocenters. The highest BCUT2D eigenvalue weighted by Crippen LogP contribution is 2.23. The highest BCUT2D eigenvalue weighted by molar-refractivity contribution is 8.76. The van der Waals surface area contributed by atoms with Gasteiger partial charge in [0.15, 0.2) is 0 Å². The van der Waals surface area contributed by atoms with Crippen LogP contribution in [0.5, 0.6) is 0 Å². The zero-order valence-electron chi connectivity index (χ0n) is 8.04. The van der Waals surface area contributed by atoms with Crippen LogP contribution in [-0.4, -0.2) is 24.6 Å². The first-order valence-corrected chi connectivity index (χ1v) is 7.05. The van der Waals surface area contributed by atoms with Crippen molar-refractivity contribution in [2.45, 2.75) is 25.7 Å². The molecular weight excluding hydrogens is 224 g/mol. The van der Waals surface area contributed by atoms with E-state index in [9.17, 15) is 0 Å². The summed E-state index contributed by atoms with van der Waals surface area (Å²) in [6, 6.07) is 0. The van der Waals surface area contributed by atoms with Crippen LogP contribution in [-0.2, 0) is 0 Å². The second kappa shape index (κ2) is 15.4. The van der Waals surface area contributed by atoms with Gasteiger partial charge in [-0.1, -0.05) is 21.6 Å². The molecule has 0 heterocycles. The highest BCUT2D eigenvalue weighted by atomic mass is 35.5. The van der Waals surface area contributed by atoms with E-state index in [1.165, 1.54) is 24.3 Å². The second-order valence-electron chi connectivity index (χ2n) is 2.64. The van der Waals surface area contributed by atoms with Gasteiger partial charge in [0.1, 0.15) is 0 Å². The van der Waals surface area contributed by atoms with Crippen LogP contribution < -0.4 is 11.5 Å². The summed E-state index contributed by atoms with van der Waals surface area (Å²) in [6.45, 7) is 1.66. The summed E-state index contributed by atoms with van der Waals surface area (Å²) in [5, 5.41) is 0. The van der Waals surface area contributed by atoms with Gasteiger partial charge in [-0.2, -0.15) is 0 Å². The predicted octanol–water partition coefficient (Wildman–Crippen LogP) is 2.27. The molecular formula is C8H21ClN2S2. The molecule has 0 aliphatic carbocycles. The van der Waals surface area contributed by atoms with Crippen LogP contribution in [0.25, 0.3) is 0 Å². The van der Waals surface area contributed by atoms with Gasteiger partial charge in [-0.15, -0.1) is 12.4 Å². The van der Waals surface area contributed by atoms with Crippen molar-refractivity contribution in [3.05, 3.63) is 0 Å². The molecule has 0 aliphatic heterocycles. The lowest BCUT2D eigenvalue weighted by molar-refractivity contribution is 0.814. The van der Waals surface area contributed by atoms with Crippen LogP contribution >= 0.6 is 34.0 Å². The summed E-state index contributed by atoms with van der Waals surface area (Å²) in [6.07, 6.45) is 4.84. The summed E-state index contributed by atoms with van der Waals surface area (Å²) in [5.74, 6) is 2.48. The third-order valence-corrected chi connectivity index (χ3v) is 4.02. The van der Waals surface area contributed by atoms with E-state index >= 15 is 0 Å². The van der Waals surface area contributed by atoms with Gasteiger partial charge < -0.3 is 11.5 Å². The molecule has 13 heavy (non-hydrogen) atoms. The Balaban J connectivity index is 0. The van der Waals surface area contributed by atoms with E-state index < -0.39 is 0 Å². The lowest BCUT2D eigenvalue weighted by Crippen LogP contribution is -1.98. The molecule has 0 aliphatic rings. The minimum Gasteiger partial charge on any atom is -0.330 e. The molecule has 0 saturated carbocycles. The van der Waals surface area contributed by atoms with Gasteiger partial charge in [-0.3, -0.25) is 0 Å². The first-order valence-electron chi connectivity index (χ1n) is 4.56. The molecule has 0 atom stereocenters. The molecule has 0 bridgehead atoms. The maximum absolute atomic E-state index is 5.38. The van der Waals surface area contributed by atoms with Crippen LogP contribution in [0.15, 0.2) is 0 Å². The maximum Gasteiger partial charge on any atom is 0.00374 e. The van der Waals surface area contributed by atoms with Crippen LogP contribution in [0.4, 0.5) is 0 Å². The molecule has 0 saturated heterocycles. The van der Waals surface area contributed by atoms with Crippen molar-refractivity contribution in [2.75, 3.05) is 24.6 Å². The molecule has 0 aromatic carbocycles. The first-order chi connectivity index (χ1) is 5.91. The minimum atomic E-state index is 0. The van der Waals surface area contributed by atoms with E-state index in [-0.39, 0.29) is 12.4 Å². The largest absolute Gasteiger partial charge is 0.330 e. The molecule has 0 fully saturated rings. The fraction of sp³-hybridized carbons (Fsp3) is 1.00. The number of halogens is 1. The summed E-state index contributed by atoms with van der Waals surface area (Å²) < 4.78 is 0. The zero-order valence-corrected chi connectivity index (χ0v) is 10.5. The summed E-state index contributed by atoms with van der Waals surface area (Å²) in [5.41, 5.74) is 10.8. The van der Waals surface area contributed by atoms with E-state index in [4.69, 9.17) is 11.5 Å². The van der Waals surface area contributed by atoms with Crippen LogP contribution in [0.2, 0.25) is 0 Å². The molecule has 0 spiro atoms. The first kappa shape index (κ1) is 16.3. The van der Waals surface area contributed by atoms with E-state index in [1.807, 2.05) is 21.6 Å². The second-order valence-corrected chi connectivity index (χ2v) is 5.34. The van der Waals surface area contributed by atoms with Gasteiger partial charge in [-0.25, -0.2) is 0 Å². The molecule has 2 nitrogen and oxygen atoms in total. The standard InChI is InChI=1S/C8H20N2S2.ClH/c9-5-1-3-7-11-12-8-4-2-6-10;/h1-10H2;1H. The Bertz CT molecular complexity index is 76.5. The molecule has 0 radical (unpaired) electrons. The molecule has 82 valence electrons. The monoisotopic (exact) mass is 244 g/mol. The fourth-order valence-electron chi connectivity index (χ4n) is 0.729. The predicted molar refractivity (Wildman–Crippen MR) is 68.7 cm³/mol. The number of rotatable bonds is 9. The smallest absolute Gasteiger partial charge is 0.00374 e. The van der Waals surface area contributed by atoms with Gasteiger partial charge in [0.05, 0.1) is 0 Å². The quantitative estimate of drug-likeness (QED) is 0.483. The third-order valence-electron chi connectivity index (χ3n) is 1.45. The lowest BCUT2D eigenvalue weighted by Gasteiger charge is -1.99. The molecule has 0 aromatic heterocycles. The van der Waals surface area contributed by atoms with Gasteiger partial charge in [0, 0.05) is 11.5 Å². The topological polar surface area (TPSA) is 52.0 Å². The van der Waals surface area contributed by atoms with E-state index in [1.54, 1.807) is 0 Å². The van der Waals surface area contributed by atoms with E-state index in [2.05, 4.69) is 0 Å². The Morgan fingerprint density at radius 2 is 1.08 bits per heavy atom. The summed E-state index contributed by atoms with van der Waals surface area (Å²) in [7, 11) is 3.93. The van der Waals surface area contributed by atoms with Crippen LogP contribution in [0.1, 0.15) is 25.7 Å². The minimum absolute atomic E-state index is 0. The van der Waals surface area contributed by atoms with Crippen molar-refractivity contribution in [1.29, 1.82) is 0 Å². The summed E-state index contributed by atoms with van der Waals surface area (Å²) in [4.78, 5) is 0. The molecule has 5 heteroatoms. The Kier molecular flexibility index (Phi) is 19.3. The highest BCUT2D eigenvalue weighted by Gasteiger charge is 1.90. The molecule has 0 aromatic rings. The number of nitrogens with two attached hydrogens (primary N) is 2. The number of unbranched alkanes of at least 4 members (excludes halogenated alkanes) is 2. The fourth-order valence-corrected chi connectivity index (χ4v) is 3.02. The Hall–Kier alpha value is 0.910. The Morgan fingerprint density at radius 3 is 1.38 bits per heavy atom. The zero-order chi connectivity index (χ0) is 9.07. The number of hydrogen-bond acceptors (Lipinski definition) is 4. The Labute approximate surface area is 95.8 Å². The average Bonchev–Trinajstić information content (AvgIpc) is 2.10. The third kappa shape index (κ3) is 15.6. The molecule has 0 amide bonds. The van der Waals surface area contributed by atoms with Crippen molar-refractivity contribution in [1.82, 2.24) is 0 Å². The van der Waals surface area contributed by atoms with E-state index in [0.29, 0.717) is 0 Å².